The van der Waals surface area contributed by atoms with Crippen LogP contribution in [0.15, 0.2) is 12.3 Å². The Balaban J connectivity index is 2.33. The van der Waals surface area contributed by atoms with Crippen molar-refractivity contribution in [2.75, 3.05) is 13.1 Å². The quantitative estimate of drug-likeness (QED) is 0.675. The molecular formula is C12H23NO. The molecule has 2 nitrogen and oxygen atoms in total. The zero-order valence-corrected chi connectivity index (χ0v) is 9.97. The van der Waals surface area contributed by atoms with E-state index in [1.807, 2.05) is 0 Å². The minimum absolute atomic E-state index is 0.00391. The van der Waals surface area contributed by atoms with Crippen LogP contribution in [-0.2, 0) is 4.74 Å². The van der Waals surface area contributed by atoms with Crippen molar-refractivity contribution in [3.8, 4) is 0 Å². The number of ether oxygens (including phenoxy) is 1. The molecule has 1 heterocycles. The second-order valence-electron chi connectivity index (χ2n) is 5.15. The molecule has 2 heteroatoms. The van der Waals surface area contributed by atoms with Gasteiger partial charge in [0.25, 0.3) is 0 Å². The number of nitrogens with zero attached hydrogens (tertiary/aromatic N) is 1. The first kappa shape index (κ1) is 11.6. The first-order valence-corrected chi connectivity index (χ1v) is 5.47. The van der Waals surface area contributed by atoms with Crippen LogP contribution >= 0.6 is 0 Å². The monoisotopic (exact) mass is 197 g/mol. The summed E-state index contributed by atoms with van der Waals surface area (Å²) < 4.78 is 5.95. The fourth-order valence-electron chi connectivity index (χ4n) is 1.86. The van der Waals surface area contributed by atoms with E-state index >= 15 is 0 Å². The van der Waals surface area contributed by atoms with Crippen molar-refractivity contribution in [2.45, 2.75) is 52.2 Å². The number of hydrogen-bond acceptors (Lipinski definition) is 2. The molecule has 0 aromatic heterocycles. The van der Waals surface area contributed by atoms with Gasteiger partial charge >= 0.3 is 0 Å². The summed E-state index contributed by atoms with van der Waals surface area (Å²) in [7, 11) is 0. The average Bonchev–Trinajstić information content (AvgIpc) is 2.02. The van der Waals surface area contributed by atoms with Crippen LogP contribution in [0.4, 0.5) is 0 Å². The normalized spacial score (nSPS) is 19.9. The van der Waals surface area contributed by atoms with Gasteiger partial charge in [-0.25, -0.2) is 0 Å². The Morgan fingerprint density at radius 3 is 2.14 bits per heavy atom. The third-order valence-electron chi connectivity index (χ3n) is 2.50. The molecule has 14 heavy (non-hydrogen) atoms. The van der Waals surface area contributed by atoms with Crippen LogP contribution in [0, 0.1) is 0 Å². The van der Waals surface area contributed by atoms with E-state index in [9.17, 15) is 0 Å². The average molecular weight is 197 g/mol. The molecule has 0 aliphatic carbocycles. The summed E-state index contributed by atoms with van der Waals surface area (Å²) in [6, 6.07) is 0. The predicted octanol–water partition coefficient (Wildman–Crippen LogP) is 2.80. The van der Waals surface area contributed by atoms with Crippen LogP contribution in [0.3, 0.4) is 0 Å². The Kier molecular flexibility index (Phi) is 3.59. The molecule has 0 amide bonds. The molecule has 0 aromatic carbocycles. The van der Waals surface area contributed by atoms with E-state index in [2.05, 4.69) is 39.2 Å². The van der Waals surface area contributed by atoms with Crippen molar-refractivity contribution in [2.24, 2.45) is 0 Å². The van der Waals surface area contributed by atoms with Gasteiger partial charge in [0.05, 0.1) is 11.7 Å². The Hall–Kier alpha value is -0.500. The third kappa shape index (κ3) is 3.70. The van der Waals surface area contributed by atoms with Gasteiger partial charge in [-0.2, -0.15) is 0 Å². The molecule has 1 saturated heterocycles. The van der Waals surface area contributed by atoms with E-state index in [1.165, 1.54) is 5.70 Å². The molecule has 1 rings (SSSR count). The molecule has 1 aliphatic rings. The summed E-state index contributed by atoms with van der Waals surface area (Å²) in [6.07, 6.45) is 2.69. The fraction of sp³-hybridized carbons (Fsp3) is 0.833. The Bertz CT molecular complexity index is 197. The van der Waals surface area contributed by atoms with Crippen molar-refractivity contribution in [3.63, 3.8) is 0 Å². The molecule has 0 atom stereocenters. The number of allylic oxidation sites excluding steroid dienone is 1. The molecule has 0 bridgehead atoms. The third-order valence-corrected chi connectivity index (χ3v) is 2.50. The van der Waals surface area contributed by atoms with Gasteiger partial charge in [0.15, 0.2) is 0 Å². The van der Waals surface area contributed by atoms with Gasteiger partial charge in [-0.3, -0.25) is 0 Å². The molecule has 0 unspecified atom stereocenters. The van der Waals surface area contributed by atoms with E-state index < -0.39 is 0 Å². The van der Waals surface area contributed by atoms with Crippen molar-refractivity contribution < 1.29 is 4.74 Å². The molecule has 0 saturated carbocycles. The van der Waals surface area contributed by atoms with Crippen molar-refractivity contribution in [1.29, 1.82) is 0 Å². The van der Waals surface area contributed by atoms with Crippen LogP contribution in [0.25, 0.3) is 0 Å². The zero-order valence-electron chi connectivity index (χ0n) is 9.97. The van der Waals surface area contributed by atoms with Crippen molar-refractivity contribution in [3.05, 3.63) is 12.3 Å². The fourth-order valence-corrected chi connectivity index (χ4v) is 1.86. The lowest BCUT2D eigenvalue weighted by molar-refractivity contribution is -0.0793. The molecule has 0 radical (unpaired) electrons. The minimum atomic E-state index is -0.00391. The zero-order chi connectivity index (χ0) is 10.8. The van der Waals surface area contributed by atoms with Gasteiger partial charge in [0.2, 0.25) is 0 Å². The van der Waals surface area contributed by atoms with Crippen LogP contribution in [0.5, 0.6) is 0 Å². The first-order chi connectivity index (χ1) is 6.38. The standard InChI is InChI=1S/C12H23NO/c1-10(2)13-8-6-11(7-9-13)14-12(3,4)5/h11H,1,6-9H2,2-5H3. The highest BCUT2D eigenvalue weighted by molar-refractivity contribution is 4.91. The van der Waals surface area contributed by atoms with E-state index in [0.717, 1.165) is 25.9 Å². The largest absolute Gasteiger partial charge is 0.375 e. The summed E-state index contributed by atoms with van der Waals surface area (Å²) in [4.78, 5) is 2.34. The minimum Gasteiger partial charge on any atom is -0.375 e. The number of hydrogen-bond donors (Lipinski definition) is 0. The topological polar surface area (TPSA) is 12.5 Å². The SMILES string of the molecule is C=C(C)N1CCC(OC(C)(C)C)CC1. The van der Waals surface area contributed by atoms with Crippen molar-refractivity contribution >= 4 is 0 Å². The number of piperidine rings is 1. The Labute approximate surface area is 87.9 Å². The maximum atomic E-state index is 5.95. The van der Waals surface area contributed by atoms with E-state index in [-0.39, 0.29) is 5.60 Å². The summed E-state index contributed by atoms with van der Waals surface area (Å²) in [5.41, 5.74) is 1.18. The maximum Gasteiger partial charge on any atom is 0.0615 e. The summed E-state index contributed by atoms with van der Waals surface area (Å²) in [6.45, 7) is 14.6. The van der Waals surface area contributed by atoms with Crippen molar-refractivity contribution in [1.82, 2.24) is 4.90 Å². The van der Waals surface area contributed by atoms with Crippen LogP contribution in [0.1, 0.15) is 40.5 Å². The Morgan fingerprint density at radius 2 is 1.79 bits per heavy atom. The smallest absolute Gasteiger partial charge is 0.0615 e. The van der Waals surface area contributed by atoms with Gasteiger partial charge in [0, 0.05) is 18.8 Å². The van der Waals surface area contributed by atoms with E-state index in [0.29, 0.717) is 6.10 Å². The van der Waals surface area contributed by atoms with Gasteiger partial charge in [0.1, 0.15) is 0 Å². The molecule has 0 N–H and O–H groups in total. The van der Waals surface area contributed by atoms with Gasteiger partial charge < -0.3 is 9.64 Å². The molecule has 0 aromatic rings. The van der Waals surface area contributed by atoms with E-state index in [4.69, 9.17) is 4.74 Å². The lowest BCUT2D eigenvalue weighted by Crippen LogP contribution is -2.38. The summed E-state index contributed by atoms with van der Waals surface area (Å²) in [5, 5.41) is 0. The number of likely N-dealkylation sites (tertiary alicyclic amines) is 1. The highest BCUT2D eigenvalue weighted by Crippen LogP contribution is 2.21. The second kappa shape index (κ2) is 4.35. The lowest BCUT2D eigenvalue weighted by Gasteiger charge is -2.36. The van der Waals surface area contributed by atoms with Crippen LogP contribution in [0.2, 0.25) is 0 Å². The highest BCUT2D eigenvalue weighted by atomic mass is 16.5. The van der Waals surface area contributed by atoms with Crippen LogP contribution in [-0.4, -0.2) is 29.7 Å². The molecule has 1 aliphatic heterocycles. The Morgan fingerprint density at radius 1 is 1.29 bits per heavy atom. The summed E-state index contributed by atoms with van der Waals surface area (Å²) in [5.74, 6) is 0. The molecule has 1 fully saturated rings. The summed E-state index contributed by atoms with van der Waals surface area (Å²) >= 11 is 0. The van der Waals surface area contributed by atoms with Gasteiger partial charge in [-0.05, 0) is 40.5 Å². The van der Waals surface area contributed by atoms with E-state index in [1.54, 1.807) is 0 Å². The second-order valence-corrected chi connectivity index (χ2v) is 5.15. The van der Waals surface area contributed by atoms with Gasteiger partial charge in [-0.15, -0.1) is 0 Å². The van der Waals surface area contributed by atoms with Crippen LogP contribution < -0.4 is 0 Å². The van der Waals surface area contributed by atoms with Gasteiger partial charge in [-0.1, -0.05) is 6.58 Å². The highest BCUT2D eigenvalue weighted by Gasteiger charge is 2.23. The first-order valence-electron chi connectivity index (χ1n) is 5.47. The maximum absolute atomic E-state index is 5.95. The lowest BCUT2D eigenvalue weighted by atomic mass is 10.1. The molecule has 82 valence electrons. The number of rotatable bonds is 2. The molecule has 0 spiro atoms. The molecular weight excluding hydrogens is 174 g/mol. The predicted molar refractivity (Wildman–Crippen MR) is 60.2 cm³/mol.